The van der Waals surface area contributed by atoms with Crippen LogP contribution in [0.15, 0.2) is 45.3 Å². The summed E-state index contributed by atoms with van der Waals surface area (Å²) in [7, 11) is 0. The minimum absolute atomic E-state index is 0.0311. The Morgan fingerprint density at radius 2 is 1.75 bits per heavy atom. The van der Waals surface area contributed by atoms with Crippen LogP contribution in [-0.4, -0.2) is 43.9 Å². The molecule has 0 spiro atoms. The molecule has 0 fully saturated rings. The van der Waals surface area contributed by atoms with Crippen molar-refractivity contribution in [3.63, 3.8) is 0 Å². The van der Waals surface area contributed by atoms with E-state index in [9.17, 15) is 19.8 Å². The van der Waals surface area contributed by atoms with Crippen LogP contribution < -0.4 is 10.6 Å². The fourth-order valence-corrected chi connectivity index (χ4v) is 3.67. The third-order valence-corrected chi connectivity index (χ3v) is 5.41. The molecule has 4 N–H and O–H groups in total. The van der Waals surface area contributed by atoms with Crippen molar-refractivity contribution < 1.29 is 28.7 Å². The maximum atomic E-state index is 12.8. The van der Waals surface area contributed by atoms with Gasteiger partial charge in [0.1, 0.15) is 11.5 Å². The smallest absolute Gasteiger partial charge is 0.313 e. The van der Waals surface area contributed by atoms with Crippen LogP contribution in [0.25, 0.3) is 22.5 Å². The third kappa shape index (κ3) is 4.76. The average molecular weight is 492 g/mol. The lowest BCUT2D eigenvalue weighted by Gasteiger charge is -2.12. The quantitative estimate of drug-likeness (QED) is 0.296. The molecule has 2 aromatic carbocycles. The summed E-state index contributed by atoms with van der Waals surface area (Å²) < 4.78 is 10.7. The van der Waals surface area contributed by atoms with Crippen LogP contribution in [0, 0.1) is 6.92 Å². The van der Waals surface area contributed by atoms with Gasteiger partial charge < -0.3 is 29.8 Å². The predicted octanol–water partition coefficient (Wildman–Crippen LogP) is 4.24. The van der Waals surface area contributed by atoms with E-state index in [0.717, 1.165) is 0 Å². The molecule has 0 saturated carbocycles. The van der Waals surface area contributed by atoms with Crippen molar-refractivity contribution in [1.29, 1.82) is 0 Å². The maximum Gasteiger partial charge on any atom is 0.313 e. The van der Waals surface area contributed by atoms with Crippen molar-refractivity contribution in [3.8, 4) is 33.9 Å². The van der Waals surface area contributed by atoms with Crippen LogP contribution in [-0.2, 0) is 0 Å². The number of nitrogens with one attached hydrogen (secondary N) is 2. The Balaban J connectivity index is 1.76. The number of phenols is 2. The lowest BCUT2D eigenvalue weighted by Crippen LogP contribution is -2.23. The Morgan fingerprint density at radius 1 is 1.03 bits per heavy atom. The third-order valence-electron chi connectivity index (χ3n) is 5.41. The Kier molecular flexibility index (Phi) is 6.73. The largest absolute Gasteiger partial charge is 0.508 e. The number of hydrogen-bond donors (Lipinski definition) is 4. The molecule has 0 atom stereocenters. The minimum Gasteiger partial charge on any atom is -0.508 e. The van der Waals surface area contributed by atoms with Gasteiger partial charge in [-0.15, -0.1) is 10.2 Å². The first-order valence-electron chi connectivity index (χ1n) is 11.3. The number of anilines is 1. The lowest BCUT2D eigenvalue weighted by atomic mass is 9.94. The van der Waals surface area contributed by atoms with Gasteiger partial charge in [-0.25, -0.2) is 0 Å². The van der Waals surface area contributed by atoms with Gasteiger partial charge in [0.15, 0.2) is 11.5 Å². The summed E-state index contributed by atoms with van der Waals surface area (Å²) in [5.74, 6) is -1.06. The average Bonchev–Trinajstić information content (AvgIpc) is 3.46. The van der Waals surface area contributed by atoms with E-state index < -0.39 is 11.8 Å². The number of carbonyl (C=O) groups excluding carboxylic acids is 2. The zero-order valence-electron chi connectivity index (χ0n) is 20.1. The molecule has 0 aliphatic carbocycles. The molecule has 11 heteroatoms. The van der Waals surface area contributed by atoms with Crippen LogP contribution >= 0.6 is 0 Å². The summed E-state index contributed by atoms with van der Waals surface area (Å²) in [5.41, 5.74) is 2.26. The van der Waals surface area contributed by atoms with E-state index in [1.807, 2.05) is 13.8 Å². The minimum atomic E-state index is -0.563. The molecule has 0 saturated heterocycles. The number of rotatable bonds is 7. The summed E-state index contributed by atoms with van der Waals surface area (Å²) >= 11 is 0. The van der Waals surface area contributed by atoms with Gasteiger partial charge in [-0.1, -0.05) is 31.1 Å². The summed E-state index contributed by atoms with van der Waals surface area (Å²) in [5, 5.41) is 37.5. The van der Waals surface area contributed by atoms with Crippen molar-refractivity contribution in [2.24, 2.45) is 0 Å². The number of phenolic OH excluding ortho intramolecular Hbond substituents is 2. The molecular weight excluding hydrogens is 466 g/mol. The van der Waals surface area contributed by atoms with Crippen molar-refractivity contribution in [3.05, 3.63) is 59.4 Å². The Morgan fingerprint density at radius 3 is 2.36 bits per heavy atom. The second-order valence-corrected chi connectivity index (χ2v) is 8.34. The van der Waals surface area contributed by atoms with E-state index in [1.165, 1.54) is 6.07 Å². The zero-order valence-corrected chi connectivity index (χ0v) is 20.1. The van der Waals surface area contributed by atoms with E-state index >= 15 is 0 Å². The molecule has 4 aromatic rings. The van der Waals surface area contributed by atoms with Crippen LogP contribution in [0.4, 0.5) is 5.69 Å². The van der Waals surface area contributed by atoms with Crippen molar-refractivity contribution in [2.45, 2.75) is 33.6 Å². The first kappa shape index (κ1) is 24.5. The SMILES string of the molecule is CCNC(=O)c1noc(-c2cc(C(C)C)c(O)cc2O)c1-c1ccc(NC(=O)c2nnc(C)o2)cc1. The highest BCUT2D eigenvalue weighted by molar-refractivity contribution is 6.03. The molecule has 0 unspecified atom stereocenters. The molecule has 186 valence electrons. The molecule has 0 radical (unpaired) electrons. The standard InChI is InChI=1S/C25H25N5O6/c1-5-26-23(33)21-20(22(36-30-21)17-10-16(12(2)3)18(31)11-19(17)32)14-6-8-15(9-7-14)27-24(34)25-29-28-13(4)35-25/h6-12,31-32H,5H2,1-4H3,(H,26,33)(H,27,34). The molecular formula is C25H25N5O6. The number of aryl methyl sites for hydroxylation is 1. The molecule has 36 heavy (non-hydrogen) atoms. The van der Waals surface area contributed by atoms with Crippen LogP contribution in [0.3, 0.4) is 0 Å². The Hall–Kier alpha value is -4.67. The van der Waals surface area contributed by atoms with Crippen molar-refractivity contribution in [2.75, 3.05) is 11.9 Å². The Bertz CT molecular complexity index is 1420. The van der Waals surface area contributed by atoms with Crippen molar-refractivity contribution >= 4 is 17.5 Å². The van der Waals surface area contributed by atoms with Gasteiger partial charge in [-0.2, -0.15) is 0 Å². The Labute approximate surface area is 206 Å². The summed E-state index contributed by atoms with van der Waals surface area (Å²) in [6.07, 6.45) is 0. The van der Waals surface area contributed by atoms with Gasteiger partial charge in [0.2, 0.25) is 5.89 Å². The molecule has 2 amide bonds. The molecule has 0 aliphatic heterocycles. The zero-order chi connectivity index (χ0) is 26.0. The van der Waals surface area contributed by atoms with E-state index in [1.54, 1.807) is 44.2 Å². The number of aromatic nitrogens is 3. The highest BCUT2D eigenvalue weighted by atomic mass is 16.5. The van der Waals surface area contributed by atoms with E-state index in [4.69, 9.17) is 8.94 Å². The highest BCUT2D eigenvalue weighted by Crippen LogP contribution is 2.43. The topological polar surface area (TPSA) is 164 Å². The van der Waals surface area contributed by atoms with Gasteiger partial charge in [0.25, 0.3) is 5.91 Å². The number of hydrogen-bond acceptors (Lipinski definition) is 9. The summed E-state index contributed by atoms with van der Waals surface area (Å²) in [4.78, 5) is 25.1. The van der Waals surface area contributed by atoms with Crippen LogP contribution in [0.2, 0.25) is 0 Å². The van der Waals surface area contributed by atoms with Gasteiger partial charge in [0.05, 0.1) is 11.1 Å². The highest BCUT2D eigenvalue weighted by Gasteiger charge is 2.27. The lowest BCUT2D eigenvalue weighted by molar-refractivity contribution is 0.0946. The molecule has 2 aromatic heterocycles. The molecule has 4 rings (SSSR count). The number of nitrogens with zero attached hydrogens (tertiary/aromatic N) is 3. The second-order valence-electron chi connectivity index (χ2n) is 8.34. The summed E-state index contributed by atoms with van der Waals surface area (Å²) in [6.45, 7) is 7.54. The first-order chi connectivity index (χ1) is 17.2. The number of benzene rings is 2. The first-order valence-corrected chi connectivity index (χ1v) is 11.3. The van der Waals surface area contributed by atoms with E-state index in [2.05, 4.69) is 26.0 Å². The molecule has 0 bridgehead atoms. The second kappa shape index (κ2) is 9.90. The van der Waals surface area contributed by atoms with Gasteiger partial charge >= 0.3 is 11.8 Å². The molecule has 0 aliphatic rings. The predicted molar refractivity (Wildman–Crippen MR) is 130 cm³/mol. The van der Waals surface area contributed by atoms with Gasteiger partial charge in [0, 0.05) is 25.2 Å². The fraction of sp³-hybridized carbons (Fsp3) is 0.240. The van der Waals surface area contributed by atoms with Crippen molar-refractivity contribution in [1.82, 2.24) is 20.7 Å². The number of carbonyl (C=O) groups is 2. The number of aromatic hydroxyl groups is 2. The van der Waals surface area contributed by atoms with Crippen LogP contribution in [0.1, 0.15) is 59.3 Å². The van der Waals surface area contributed by atoms with Gasteiger partial charge in [-0.3, -0.25) is 9.59 Å². The number of amides is 2. The van der Waals surface area contributed by atoms with Gasteiger partial charge in [-0.05, 0) is 42.2 Å². The van der Waals surface area contributed by atoms with E-state index in [0.29, 0.717) is 28.9 Å². The molecule has 11 nitrogen and oxygen atoms in total. The van der Waals surface area contributed by atoms with Crippen LogP contribution in [0.5, 0.6) is 11.5 Å². The summed E-state index contributed by atoms with van der Waals surface area (Å²) in [6, 6.07) is 9.46. The fourth-order valence-electron chi connectivity index (χ4n) is 3.67. The maximum absolute atomic E-state index is 12.8. The normalized spacial score (nSPS) is 11.0. The molecule has 2 heterocycles. The monoisotopic (exact) mass is 491 g/mol. The van der Waals surface area contributed by atoms with E-state index in [-0.39, 0.29) is 46.2 Å².